The van der Waals surface area contributed by atoms with Gasteiger partial charge < -0.3 is 10.6 Å². The molecular formula is C13H16ClIN2O2. The standard InChI is InChI=1S/C13H16ClIN2O2/c1-2-6-16-12(18)5-7-17-13(19)9-3-4-11(15)10(14)8-9/h3-4,8H,2,5-7H2,1H3,(H,16,18)(H,17,19). The quantitative estimate of drug-likeness (QED) is 0.729. The van der Waals surface area contributed by atoms with E-state index >= 15 is 0 Å². The van der Waals surface area contributed by atoms with Crippen LogP contribution in [0.3, 0.4) is 0 Å². The van der Waals surface area contributed by atoms with Gasteiger partial charge in [-0.3, -0.25) is 9.59 Å². The summed E-state index contributed by atoms with van der Waals surface area (Å²) in [5.41, 5.74) is 0.499. The minimum atomic E-state index is -0.221. The van der Waals surface area contributed by atoms with Crippen LogP contribution in [0.15, 0.2) is 18.2 Å². The number of benzene rings is 1. The largest absolute Gasteiger partial charge is 0.356 e. The molecule has 1 aromatic rings. The molecule has 0 heterocycles. The first-order valence-corrected chi connectivity index (χ1v) is 7.50. The Bertz CT molecular complexity index is 466. The van der Waals surface area contributed by atoms with E-state index in [0.717, 1.165) is 9.99 Å². The average molecular weight is 395 g/mol. The summed E-state index contributed by atoms with van der Waals surface area (Å²) >= 11 is 8.05. The van der Waals surface area contributed by atoms with Crippen LogP contribution in [0.2, 0.25) is 5.02 Å². The van der Waals surface area contributed by atoms with E-state index in [0.29, 0.717) is 23.7 Å². The Labute approximate surface area is 131 Å². The zero-order valence-corrected chi connectivity index (χ0v) is 13.5. The maximum Gasteiger partial charge on any atom is 0.251 e. The predicted octanol–water partition coefficient (Wildman–Crippen LogP) is 2.59. The van der Waals surface area contributed by atoms with Gasteiger partial charge in [0.2, 0.25) is 5.91 Å². The van der Waals surface area contributed by atoms with Crippen molar-refractivity contribution in [1.82, 2.24) is 10.6 Å². The summed E-state index contributed by atoms with van der Waals surface area (Å²) in [4.78, 5) is 23.1. The highest BCUT2D eigenvalue weighted by atomic mass is 127. The third-order valence-electron chi connectivity index (χ3n) is 2.39. The number of carbonyl (C=O) groups excluding carboxylic acids is 2. The molecule has 0 saturated heterocycles. The predicted molar refractivity (Wildman–Crippen MR) is 84.4 cm³/mol. The minimum absolute atomic E-state index is 0.0530. The van der Waals surface area contributed by atoms with Crippen molar-refractivity contribution in [2.24, 2.45) is 0 Å². The number of carbonyl (C=O) groups is 2. The summed E-state index contributed by atoms with van der Waals surface area (Å²) < 4.78 is 0.898. The van der Waals surface area contributed by atoms with Crippen LogP contribution >= 0.6 is 34.2 Å². The van der Waals surface area contributed by atoms with Crippen molar-refractivity contribution in [2.45, 2.75) is 19.8 Å². The van der Waals surface area contributed by atoms with Crippen LogP contribution in [-0.2, 0) is 4.79 Å². The lowest BCUT2D eigenvalue weighted by Gasteiger charge is -2.06. The summed E-state index contributed by atoms with van der Waals surface area (Å²) in [7, 11) is 0. The van der Waals surface area contributed by atoms with Crippen LogP contribution in [0.5, 0.6) is 0 Å². The minimum Gasteiger partial charge on any atom is -0.356 e. The van der Waals surface area contributed by atoms with E-state index in [1.54, 1.807) is 18.2 Å². The summed E-state index contributed by atoms with van der Waals surface area (Å²) in [5.74, 6) is -0.274. The molecule has 2 amide bonds. The molecule has 0 aromatic heterocycles. The summed E-state index contributed by atoms with van der Waals surface area (Å²) in [5, 5.41) is 5.99. The van der Waals surface area contributed by atoms with Crippen LogP contribution in [0, 0.1) is 3.57 Å². The van der Waals surface area contributed by atoms with E-state index in [-0.39, 0.29) is 18.2 Å². The molecule has 0 fully saturated rings. The summed E-state index contributed by atoms with van der Waals surface area (Å²) in [6.07, 6.45) is 1.18. The van der Waals surface area contributed by atoms with Gasteiger partial charge in [-0.05, 0) is 47.2 Å². The lowest BCUT2D eigenvalue weighted by Crippen LogP contribution is -2.31. The van der Waals surface area contributed by atoms with Gasteiger partial charge in [0.05, 0.1) is 5.02 Å². The second-order valence-electron chi connectivity index (χ2n) is 3.98. The topological polar surface area (TPSA) is 58.2 Å². The Hall–Kier alpha value is -0.820. The Balaban J connectivity index is 2.39. The Kier molecular flexibility index (Phi) is 7.15. The summed E-state index contributed by atoms with van der Waals surface area (Å²) in [6, 6.07) is 5.11. The van der Waals surface area contributed by atoms with Gasteiger partial charge in [0.15, 0.2) is 0 Å². The number of hydrogen-bond donors (Lipinski definition) is 2. The maximum atomic E-state index is 11.8. The normalized spacial score (nSPS) is 10.1. The molecule has 0 saturated carbocycles. The van der Waals surface area contributed by atoms with Crippen molar-refractivity contribution in [1.29, 1.82) is 0 Å². The van der Waals surface area contributed by atoms with Gasteiger partial charge in [0.25, 0.3) is 5.91 Å². The molecule has 0 atom stereocenters. The molecule has 0 unspecified atom stereocenters. The van der Waals surface area contributed by atoms with Gasteiger partial charge in [-0.1, -0.05) is 18.5 Å². The molecule has 0 radical (unpaired) electrons. The van der Waals surface area contributed by atoms with E-state index in [9.17, 15) is 9.59 Å². The first kappa shape index (κ1) is 16.2. The Morgan fingerprint density at radius 3 is 2.63 bits per heavy atom. The van der Waals surface area contributed by atoms with Crippen LogP contribution in [0.25, 0.3) is 0 Å². The molecule has 4 nitrogen and oxygen atoms in total. The van der Waals surface area contributed by atoms with Gasteiger partial charge in [-0.25, -0.2) is 0 Å². The monoisotopic (exact) mass is 394 g/mol. The third kappa shape index (κ3) is 5.78. The van der Waals surface area contributed by atoms with Crippen molar-refractivity contribution in [3.8, 4) is 0 Å². The Morgan fingerprint density at radius 1 is 1.26 bits per heavy atom. The first-order chi connectivity index (χ1) is 9.04. The van der Waals surface area contributed by atoms with Gasteiger partial charge in [-0.15, -0.1) is 0 Å². The third-order valence-corrected chi connectivity index (χ3v) is 3.96. The van der Waals surface area contributed by atoms with Crippen LogP contribution in [-0.4, -0.2) is 24.9 Å². The van der Waals surface area contributed by atoms with E-state index in [2.05, 4.69) is 33.2 Å². The lowest BCUT2D eigenvalue weighted by atomic mass is 10.2. The molecule has 6 heteroatoms. The van der Waals surface area contributed by atoms with Gasteiger partial charge >= 0.3 is 0 Å². The fraction of sp³-hybridized carbons (Fsp3) is 0.385. The maximum absolute atomic E-state index is 11.8. The highest BCUT2D eigenvalue weighted by Crippen LogP contribution is 2.19. The van der Waals surface area contributed by atoms with E-state index in [1.807, 2.05) is 6.92 Å². The SMILES string of the molecule is CCCNC(=O)CCNC(=O)c1ccc(I)c(Cl)c1. The molecule has 2 N–H and O–H groups in total. The fourth-order valence-corrected chi connectivity index (χ4v) is 1.90. The molecule has 104 valence electrons. The lowest BCUT2D eigenvalue weighted by molar-refractivity contribution is -0.120. The number of nitrogens with one attached hydrogen (secondary N) is 2. The van der Waals surface area contributed by atoms with Gasteiger partial charge in [-0.2, -0.15) is 0 Å². The second kappa shape index (κ2) is 8.37. The van der Waals surface area contributed by atoms with Gasteiger partial charge in [0.1, 0.15) is 0 Å². The molecular weight excluding hydrogens is 379 g/mol. The second-order valence-corrected chi connectivity index (χ2v) is 5.55. The van der Waals surface area contributed by atoms with Crippen LogP contribution < -0.4 is 10.6 Å². The van der Waals surface area contributed by atoms with Gasteiger partial charge in [0, 0.05) is 28.6 Å². The molecule has 1 rings (SSSR count). The van der Waals surface area contributed by atoms with Crippen LogP contribution in [0.1, 0.15) is 30.1 Å². The molecule has 0 aliphatic carbocycles. The highest BCUT2D eigenvalue weighted by Gasteiger charge is 2.08. The molecule has 0 aliphatic heterocycles. The van der Waals surface area contributed by atoms with Crippen molar-refractivity contribution in [3.63, 3.8) is 0 Å². The molecule has 0 bridgehead atoms. The molecule has 0 spiro atoms. The van der Waals surface area contributed by atoms with Crippen molar-refractivity contribution >= 4 is 46.0 Å². The fourth-order valence-electron chi connectivity index (χ4n) is 1.38. The number of hydrogen-bond acceptors (Lipinski definition) is 2. The van der Waals surface area contributed by atoms with Crippen molar-refractivity contribution in [3.05, 3.63) is 32.4 Å². The number of rotatable bonds is 6. The van der Waals surface area contributed by atoms with Crippen molar-refractivity contribution < 1.29 is 9.59 Å². The smallest absolute Gasteiger partial charge is 0.251 e. The highest BCUT2D eigenvalue weighted by molar-refractivity contribution is 14.1. The van der Waals surface area contributed by atoms with Crippen molar-refractivity contribution in [2.75, 3.05) is 13.1 Å². The van der Waals surface area contributed by atoms with E-state index in [1.165, 1.54) is 0 Å². The molecule has 1 aromatic carbocycles. The zero-order chi connectivity index (χ0) is 14.3. The average Bonchev–Trinajstić information content (AvgIpc) is 2.39. The molecule has 0 aliphatic rings. The first-order valence-electron chi connectivity index (χ1n) is 6.04. The molecule has 19 heavy (non-hydrogen) atoms. The summed E-state index contributed by atoms with van der Waals surface area (Å²) in [6.45, 7) is 2.97. The zero-order valence-electron chi connectivity index (χ0n) is 10.6. The van der Waals surface area contributed by atoms with Crippen LogP contribution in [0.4, 0.5) is 0 Å². The number of halogens is 2. The Morgan fingerprint density at radius 2 is 2.00 bits per heavy atom. The van der Waals surface area contributed by atoms with E-state index < -0.39 is 0 Å². The van der Waals surface area contributed by atoms with E-state index in [4.69, 9.17) is 11.6 Å². The number of amides is 2.